The second-order valence-electron chi connectivity index (χ2n) is 9.73. The van der Waals surface area contributed by atoms with Crippen molar-refractivity contribution in [2.24, 2.45) is 0 Å². The van der Waals surface area contributed by atoms with Gasteiger partial charge in [0.1, 0.15) is 11.5 Å². The average molecular weight is 432 g/mol. The van der Waals surface area contributed by atoms with Gasteiger partial charge in [0.05, 0.1) is 0 Å². The predicted octanol–water partition coefficient (Wildman–Crippen LogP) is 6.02. The van der Waals surface area contributed by atoms with Crippen molar-refractivity contribution in [2.75, 3.05) is 20.3 Å². The van der Waals surface area contributed by atoms with E-state index in [1.807, 2.05) is 36.4 Å². The molecule has 2 aromatic rings. The van der Waals surface area contributed by atoms with Crippen molar-refractivity contribution in [3.63, 3.8) is 0 Å². The molecule has 0 unspecified atom stereocenters. The highest BCUT2D eigenvalue weighted by atomic mass is 31.2. The monoisotopic (exact) mass is 431 g/mol. The predicted molar refractivity (Wildman–Crippen MR) is 123 cm³/mol. The molecule has 0 aliphatic rings. The van der Waals surface area contributed by atoms with Crippen molar-refractivity contribution in [1.29, 1.82) is 0 Å². The van der Waals surface area contributed by atoms with Crippen LogP contribution in [0, 0.1) is 0 Å². The molecule has 0 atom stereocenters. The second-order valence-corrected chi connectivity index (χ2v) is 11.6. The van der Waals surface area contributed by atoms with Gasteiger partial charge >= 0.3 is 7.60 Å². The maximum atomic E-state index is 13.9. The first-order valence-electron chi connectivity index (χ1n) is 10.1. The lowest BCUT2D eigenvalue weighted by atomic mass is 9.86. The average Bonchev–Trinajstić information content (AvgIpc) is 2.60. The minimum absolute atomic E-state index is 0.226. The molecule has 0 aliphatic carbocycles. The van der Waals surface area contributed by atoms with Crippen LogP contribution in [0.4, 0.5) is 0 Å². The van der Waals surface area contributed by atoms with Crippen LogP contribution < -0.4 is 9.05 Å². The first kappa shape index (κ1) is 24.0. The van der Waals surface area contributed by atoms with Gasteiger partial charge in [-0.3, -0.25) is 4.79 Å². The van der Waals surface area contributed by atoms with Gasteiger partial charge in [-0.2, -0.15) is 0 Å². The third kappa shape index (κ3) is 6.12. The maximum Gasteiger partial charge on any atom is 0.440 e. The Labute approximate surface area is 180 Å². The van der Waals surface area contributed by atoms with E-state index >= 15 is 0 Å². The van der Waals surface area contributed by atoms with Crippen molar-refractivity contribution in [3.05, 3.63) is 59.7 Å². The van der Waals surface area contributed by atoms with Gasteiger partial charge in [0, 0.05) is 25.2 Å². The summed E-state index contributed by atoms with van der Waals surface area (Å²) >= 11 is 0. The van der Waals surface area contributed by atoms with Crippen molar-refractivity contribution < 1.29 is 18.4 Å². The lowest BCUT2D eigenvalue weighted by Gasteiger charge is -2.28. The zero-order chi connectivity index (χ0) is 22.7. The fourth-order valence-corrected chi connectivity index (χ4v) is 4.72. The Morgan fingerprint density at radius 1 is 0.800 bits per heavy atom. The number of nitrogens with zero attached hydrogens (tertiary/aromatic N) is 1. The molecule has 1 amide bonds. The fourth-order valence-electron chi connectivity index (χ4n) is 3.02. The number of rotatable bonds is 6. The van der Waals surface area contributed by atoms with Crippen LogP contribution in [-0.4, -0.2) is 31.1 Å². The third-order valence-electron chi connectivity index (χ3n) is 4.69. The van der Waals surface area contributed by atoms with Crippen LogP contribution in [0.25, 0.3) is 0 Å². The largest absolute Gasteiger partial charge is 0.440 e. The number of hydrogen-bond donors (Lipinski definition) is 0. The Morgan fingerprint density at radius 3 is 1.50 bits per heavy atom. The summed E-state index contributed by atoms with van der Waals surface area (Å²) < 4.78 is 26.0. The Balaban J connectivity index is 2.52. The normalized spacial score (nSPS) is 12.4. The Kier molecular flexibility index (Phi) is 7.08. The molecule has 2 aromatic carbocycles. The SMILES string of the molecule is CN(C)C(=O)CP(=O)(Oc1ccccc1C(C)(C)C)Oc1ccccc1C(C)(C)C. The Hall–Kier alpha value is -2.26. The number of benzene rings is 2. The van der Waals surface area contributed by atoms with Crippen molar-refractivity contribution in [3.8, 4) is 11.5 Å². The van der Waals surface area contributed by atoms with Crippen LogP contribution in [-0.2, 0) is 20.2 Å². The van der Waals surface area contributed by atoms with E-state index in [0.29, 0.717) is 11.5 Å². The topological polar surface area (TPSA) is 55.8 Å². The van der Waals surface area contributed by atoms with Gasteiger partial charge in [-0.1, -0.05) is 77.9 Å². The smallest absolute Gasteiger partial charge is 0.415 e. The van der Waals surface area contributed by atoms with E-state index in [9.17, 15) is 9.36 Å². The standard InChI is InChI=1S/C24H34NO4P/c1-23(2,3)18-13-9-11-15-20(18)28-30(27,17-22(26)25(7)8)29-21-16-12-10-14-19(21)24(4,5)6/h9-16H,17H2,1-8H3. The third-order valence-corrected chi connectivity index (χ3v) is 6.30. The van der Waals surface area contributed by atoms with Crippen LogP contribution >= 0.6 is 7.60 Å². The van der Waals surface area contributed by atoms with Crippen molar-refractivity contribution in [1.82, 2.24) is 4.90 Å². The highest BCUT2D eigenvalue weighted by molar-refractivity contribution is 7.55. The zero-order valence-corrected chi connectivity index (χ0v) is 20.2. The second kappa shape index (κ2) is 8.85. The Morgan fingerprint density at radius 2 is 1.17 bits per heavy atom. The molecule has 0 saturated carbocycles. The molecule has 6 heteroatoms. The molecule has 2 rings (SSSR count). The molecule has 0 saturated heterocycles. The lowest BCUT2D eigenvalue weighted by molar-refractivity contribution is -0.126. The molecule has 0 fully saturated rings. The van der Waals surface area contributed by atoms with Crippen LogP contribution in [0.1, 0.15) is 52.7 Å². The molecule has 0 heterocycles. The highest BCUT2D eigenvalue weighted by Crippen LogP contribution is 2.52. The summed E-state index contributed by atoms with van der Waals surface area (Å²) in [6.45, 7) is 12.3. The van der Waals surface area contributed by atoms with Crippen molar-refractivity contribution >= 4 is 13.5 Å². The summed E-state index contributed by atoms with van der Waals surface area (Å²) in [5, 5.41) is 0. The first-order chi connectivity index (χ1) is 13.7. The van der Waals surface area contributed by atoms with E-state index < -0.39 is 7.60 Å². The zero-order valence-electron chi connectivity index (χ0n) is 19.4. The summed E-state index contributed by atoms with van der Waals surface area (Å²) in [7, 11) is -0.610. The minimum atomic E-state index is -3.86. The van der Waals surface area contributed by atoms with Gasteiger partial charge in [0.25, 0.3) is 0 Å². The number of para-hydroxylation sites is 2. The molecule has 164 valence electrons. The van der Waals surface area contributed by atoms with Gasteiger partial charge in [0.15, 0.2) is 6.16 Å². The van der Waals surface area contributed by atoms with Crippen LogP contribution in [0.3, 0.4) is 0 Å². The molecule has 0 aromatic heterocycles. The lowest BCUT2D eigenvalue weighted by Crippen LogP contribution is -2.27. The summed E-state index contributed by atoms with van der Waals surface area (Å²) in [5.41, 5.74) is 1.34. The molecule has 5 nitrogen and oxygen atoms in total. The molecule has 0 N–H and O–H groups in total. The number of carbonyl (C=O) groups excluding carboxylic acids is 1. The fraction of sp³-hybridized carbons (Fsp3) is 0.458. The van der Waals surface area contributed by atoms with Gasteiger partial charge in [0.2, 0.25) is 5.91 Å². The summed E-state index contributed by atoms with van der Waals surface area (Å²) in [5.74, 6) is 0.612. The van der Waals surface area contributed by atoms with Crippen molar-refractivity contribution in [2.45, 2.75) is 52.4 Å². The molecule has 0 aliphatic heterocycles. The highest BCUT2D eigenvalue weighted by Gasteiger charge is 2.36. The van der Waals surface area contributed by atoms with E-state index in [4.69, 9.17) is 9.05 Å². The molecular weight excluding hydrogens is 397 g/mol. The van der Waals surface area contributed by atoms with E-state index in [1.54, 1.807) is 26.2 Å². The first-order valence-corrected chi connectivity index (χ1v) is 11.8. The molecule has 0 radical (unpaired) electrons. The number of hydrogen-bond acceptors (Lipinski definition) is 4. The van der Waals surface area contributed by atoms with E-state index in [2.05, 4.69) is 41.5 Å². The maximum absolute atomic E-state index is 13.9. The minimum Gasteiger partial charge on any atom is -0.415 e. The van der Waals surface area contributed by atoms with Crippen LogP contribution in [0.5, 0.6) is 11.5 Å². The molecular formula is C24H34NO4P. The number of carbonyl (C=O) groups is 1. The summed E-state index contributed by atoms with van der Waals surface area (Å²) in [4.78, 5) is 13.9. The van der Waals surface area contributed by atoms with Crippen LogP contribution in [0.15, 0.2) is 48.5 Å². The van der Waals surface area contributed by atoms with E-state index in [0.717, 1.165) is 11.1 Å². The van der Waals surface area contributed by atoms with Gasteiger partial charge in [-0.15, -0.1) is 0 Å². The summed E-state index contributed by atoms with van der Waals surface area (Å²) in [6.07, 6.45) is -0.350. The number of amides is 1. The van der Waals surface area contributed by atoms with Gasteiger partial charge < -0.3 is 13.9 Å². The summed E-state index contributed by atoms with van der Waals surface area (Å²) in [6, 6.07) is 14.9. The van der Waals surface area contributed by atoms with E-state index in [-0.39, 0.29) is 22.9 Å². The quantitative estimate of drug-likeness (QED) is 0.525. The molecule has 30 heavy (non-hydrogen) atoms. The molecule has 0 bridgehead atoms. The molecule has 0 spiro atoms. The van der Waals surface area contributed by atoms with Gasteiger partial charge in [-0.25, -0.2) is 4.57 Å². The van der Waals surface area contributed by atoms with Crippen LogP contribution in [0.2, 0.25) is 0 Å². The van der Waals surface area contributed by atoms with E-state index in [1.165, 1.54) is 4.90 Å². The van der Waals surface area contributed by atoms with Gasteiger partial charge in [-0.05, 0) is 23.0 Å². The Bertz CT molecular complexity index is 875.